The fraction of sp³-hybridized carbons (Fsp3) is 0.231. The Bertz CT molecular complexity index is 418. The normalized spacial score (nSPS) is 10.4. The molecule has 0 bridgehead atoms. The van der Waals surface area contributed by atoms with Gasteiger partial charge in [-0.2, -0.15) is 0 Å². The molecule has 0 aliphatic heterocycles. The lowest BCUT2D eigenvalue weighted by Gasteiger charge is -1.99. The molecule has 0 saturated carbocycles. The van der Waals surface area contributed by atoms with Crippen LogP contribution in [0.2, 0.25) is 0 Å². The summed E-state index contributed by atoms with van der Waals surface area (Å²) in [6.07, 6.45) is 3.62. The van der Waals surface area contributed by atoms with Crippen molar-refractivity contribution in [2.24, 2.45) is 0 Å². The van der Waals surface area contributed by atoms with Gasteiger partial charge in [-0.05, 0) is 23.6 Å². The lowest BCUT2D eigenvalue weighted by atomic mass is 10.1. The van der Waals surface area contributed by atoms with Crippen molar-refractivity contribution in [1.29, 1.82) is 0 Å². The third kappa shape index (κ3) is 4.97. The molecule has 0 atom stereocenters. The number of aliphatic carboxylic acids is 1. The number of methoxy groups -OCH3 is 1. The van der Waals surface area contributed by atoms with Gasteiger partial charge in [0.25, 0.3) is 0 Å². The second-order valence-corrected chi connectivity index (χ2v) is 3.49. The van der Waals surface area contributed by atoms with Crippen molar-refractivity contribution in [3.8, 4) is 0 Å². The summed E-state index contributed by atoms with van der Waals surface area (Å²) in [6.45, 7) is 0. The summed E-state index contributed by atoms with van der Waals surface area (Å²) in [7, 11) is 1.32. The molecule has 1 aromatic carbocycles. The van der Waals surface area contributed by atoms with Crippen molar-refractivity contribution in [3.63, 3.8) is 0 Å². The molecule has 0 aliphatic carbocycles. The number of aryl methyl sites for hydroxylation is 1. The number of benzene rings is 1. The van der Waals surface area contributed by atoms with Gasteiger partial charge in [0.15, 0.2) is 0 Å². The van der Waals surface area contributed by atoms with E-state index in [1.54, 1.807) is 6.08 Å². The predicted molar refractivity (Wildman–Crippen MR) is 63.4 cm³/mol. The van der Waals surface area contributed by atoms with Crippen LogP contribution in [-0.4, -0.2) is 24.2 Å². The number of carbonyl (C=O) groups is 2. The maximum Gasteiger partial charge on any atom is 0.330 e. The molecule has 0 unspecified atom stereocenters. The van der Waals surface area contributed by atoms with E-state index < -0.39 is 11.9 Å². The van der Waals surface area contributed by atoms with Crippen molar-refractivity contribution >= 4 is 18.0 Å². The van der Waals surface area contributed by atoms with Crippen molar-refractivity contribution in [1.82, 2.24) is 0 Å². The molecule has 0 spiro atoms. The molecule has 0 aliphatic rings. The fourth-order valence-electron chi connectivity index (χ4n) is 1.28. The van der Waals surface area contributed by atoms with Crippen LogP contribution in [0.15, 0.2) is 30.3 Å². The van der Waals surface area contributed by atoms with Crippen LogP contribution in [0.5, 0.6) is 0 Å². The zero-order chi connectivity index (χ0) is 12.7. The molecule has 0 amide bonds. The number of carboxylic acid groups (broad SMARTS) is 1. The molecule has 0 fully saturated rings. The van der Waals surface area contributed by atoms with E-state index in [4.69, 9.17) is 5.11 Å². The molecule has 1 aromatic rings. The Balaban J connectivity index is 2.58. The summed E-state index contributed by atoms with van der Waals surface area (Å²) >= 11 is 0. The third-order valence-corrected chi connectivity index (χ3v) is 2.22. The molecule has 90 valence electrons. The minimum atomic E-state index is -0.806. The van der Waals surface area contributed by atoms with E-state index in [0.717, 1.165) is 11.1 Å². The number of carboxylic acids is 1. The smallest absolute Gasteiger partial charge is 0.330 e. The van der Waals surface area contributed by atoms with Gasteiger partial charge in [-0.3, -0.25) is 4.79 Å². The van der Waals surface area contributed by atoms with Gasteiger partial charge in [0, 0.05) is 12.5 Å². The zero-order valence-electron chi connectivity index (χ0n) is 9.55. The van der Waals surface area contributed by atoms with Gasteiger partial charge in [0.05, 0.1) is 7.11 Å². The van der Waals surface area contributed by atoms with E-state index in [0.29, 0.717) is 6.42 Å². The number of hydrogen-bond donors (Lipinski definition) is 1. The lowest BCUT2D eigenvalue weighted by Crippen LogP contribution is -1.97. The van der Waals surface area contributed by atoms with E-state index in [2.05, 4.69) is 4.74 Å². The summed E-state index contributed by atoms with van der Waals surface area (Å²) in [6, 6.07) is 7.35. The minimum Gasteiger partial charge on any atom is -0.481 e. The molecular formula is C13H14O4. The Hall–Kier alpha value is -2.10. The number of esters is 1. The highest BCUT2D eigenvalue weighted by atomic mass is 16.5. The maximum atomic E-state index is 10.9. The average Bonchev–Trinajstić information content (AvgIpc) is 2.34. The Kier molecular flexibility index (Phi) is 4.94. The van der Waals surface area contributed by atoms with Crippen LogP contribution < -0.4 is 0 Å². The van der Waals surface area contributed by atoms with E-state index in [1.165, 1.54) is 13.2 Å². The second-order valence-electron chi connectivity index (χ2n) is 3.49. The summed E-state index contributed by atoms with van der Waals surface area (Å²) in [4.78, 5) is 21.2. The largest absolute Gasteiger partial charge is 0.481 e. The van der Waals surface area contributed by atoms with Crippen LogP contribution in [-0.2, 0) is 20.7 Å². The van der Waals surface area contributed by atoms with Gasteiger partial charge < -0.3 is 9.84 Å². The van der Waals surface area contributed by atoms with E-state index in [1.807, 2.05) is 24.3 Å². The van der Waals surface area contributed by atoms with Crippen molar-refractivity contribution in [2.45, 2.75) is 12.8 Å². The van der Waals surface area contributed by atoms with Crippen LogP contribution in [0.4, 0.5) is 0 Å². The Morgan fingerprint density at radius 1 is 1.29 bits per heavy atom. The first-order chi connectivity index (χ1) is 8.11. The minimum absolute atomic E-state index is 0.122. The first-order valence-corrected chi connectivity index (χ1v) is 5.18. The molecule has 0 heterocycles. The molecule has 17 heavy (non-hydrogen) atoms. The number of carbonyl (C=O) groups excluding carboxylic acids is 1. The summed E-state index contributed by atoms with van der Waals surface area (Å²) in [5.41, 5.74) is 1.83. The average molecular weight is 234 g/mol. The van der Waals surface area contributed by atoms with Crippen LogP contribution in [0.1, 0.15) is 17.5 Å². The fourth-order valence-corrected chi connectivity index (χ4v) is 1.28. The van der Waals surface area contributed by atoms with E-state index >= 15 is 0 Å². The summed E-state index contributed by atoms with van der Waals surface area (Å²) in [5.74, 6) is -1.21. The topological polar surface area (TPSA) is 63.6 Å². The highest BCUT2D eigenvalue weighted by molar-refractivity contribution is 5.86. The van der Waals surface area contributed by atoms with Gasteiger partial charge in [-0.15, -0.1) is 0 Å². The molecule has 1 N–H and O–H groups in total. The van der Waals surface area contributed by atoms with Crippen LogP contribution in [0.25, 0.3) is 6.08 Å². The summed E-state index contributed by atoms with van der Waals surface area (Å²) < 4.78 is 4.47. The van der Waals surface area contributed by atoms with Gasteiger partial charge in [0.2, 0.25) is 0 Å². The van der Waals surface area contributed by atoms with Gasteiger partial charge in [-0.1, -0.05) is 24.3 Å². The lowest BCUT2D eigenvalue weighted by molar-refractivity contribution is -0.137. The number of hydrogen-bond acceptors (Lipinski definition) is 3. The van der Waals surface area contributed by atoms with Crippen molar-refractivity contribution in [2.75, 3.05) is 7.11 Å². The zero-order valence-corrected chi connectivity index (χ0v) is 9.55. The third-order valence-electron chi connectivity index (χ3n) is 2.22. The molecule has 4 heteroatoms. The van der Waals surface area contributed by atoms with Crippen LogP contribution in [0, 0.1) is 0 Å². The highest BCUT2D eigenvalue weighted by Gasteiger charge is 1.98. The van der Waals surface area contributed by atoms with Crippen molar-refractivity contribution in [3.05, 3.63) is 41.5 Å². The number of rotatable bonds is 5. The quantitative estimate of drug-likeness (QED) is 0.624. The van der Waals surface area contributed by atoms with Crippen LogP contribution in [0.3, 0.4) is 0 Å². The Labute approximate surface area is 99.5 Å². The summed E-state index contributed by atoms with van der Waals surface area (Å²) in [5, 5.41) is 8.54. The second kappa shape index (κ2) is 6.48. The molecular weight excluding hydrogens is 220 g/mol. The Morgan fingerprint density at radius 2 is 1.94 bits per heavy atom. The number of ether oxygens (including phenoxy) is 1. The molecule has 0 aromatic heterocycles. The van der Waals surface area contributed by atoms with Gasteiger partial charge in [0.1, 0.15) is 0 Å². The van der Waals surface area contributed by atoms with E-state index in [-0.39, 0.29) is 6.42 Å². The molecule has 0 radical (unpaired) electrons. The first kappa shape index (κ1) is 13.0. The van der Waals surface area contributed by atoms with Gasteiger partial charge in [-0.25, -0.2) is 4.79 Å². The predicted octanol–water partition coefficient (Wildman–Crippen LogP) is 1.89. The van der Waals surface area contributed by atoms with Crippen molar-refractivity contribution < 1.29 is 19.4 Å². The molecule has 4 nitrogen and oxygen atoms in total. The standard InChI is InChI=1S/C13H14O4/c1-17-13(16)9-7-11-4-2-10(3-5-11)6-8-12(14)15/h2-5,7,9H,6,8H2,1H3,(H,14,15)/b9-7-. The first-order valence-electron chi connectivity index (χ1n) is 5.18. The molecule has 1 rings (SSSR count). The SMILES string of the molecule is COC(=O)/C=C\c1ccc(CCC(=O)O)cc1. The van der Waals surface area contributed by atoms with Gasteiger partial charge >= 0.3 is 11.9 Å². The monoisotopic (exact) mass is 234 g/mol. The Morgan fingerprint density at radius 3 is 2.47 bits per heavy atom. The van der Waals surface area contributed by atoms with E-state index in [9.17, 15) is 9.59 Å². The highest BCUT2D eigenvalue weighted by Crippen LogP contribution is 2.08. The van der Waals surface area contributed by atoms with Crippen LogP contribution >= 0.6 is 0 Å². The maximum absolute atomic E-state index is 10.9. The molecule has 0 saturated heterocycles.